The molecule has 2 aromatic carbocycles. The van der Waals surface area contributed by atoms with Crippen molar-refractivity contribution in [2.75, 3.05) is 0 Å². The second kappa shape index (κ2) is 5.07. The van der Waals surface area contributed by atoms with Crippen LogP contribution in [0.1, 0.15) is 5.56 Å². The minimum Gasteiger partial charge on any atom is -0.416 e. The van der Waals surface area contributed by atoms with E-state index in [0.29, 0.717) is 11.8 Å². The lowest BCUT2D eigenvalue weighted by atomic mass is 10.1. The first-order valence-corrected chi connectivity index (χ1v) is 7.06. The van der Waals surface area contributed by atoms with Gasteiger partial charge in [-0.2, -0.15) is 0 Å². The molecule has 0 fully saturated rings. The Hall–Kier alpha value is -3.01. The quantitative estimate of drug-likeness (QED) is 0.552. The van der Waals surface area contributed by atoms with Gasteiger partial charge in [0, 0.05) is 22.7 Å². The summed E-state index contributed by atoms with van der Waals surface area (Å²) in [5.41, 5.74) is 3.93. The van der Waals surface area contributed by atoms with Crippen LogP contribution >= 0.6 is 0 Å². The fourth-order valence-corrected chi connectivity index (χ4v) is 2.43. The second-order valence-electron chi connectivity index (χ2n) is 5.15. The predicted molar refractivity (Wildman–Crippen MR) is 85.2 cm³/mol. The summed E-state index contributed by atoms with van der Waals surface area (Å²) < 4.78 is 5.85. The smallest absolute Gasteiger partial charge is 0.248 e. The lowest BCUT2D eigenvalue weighted by molar-refractivity contribution is 0.585. The van der Waals surface area contributed by atoms with Crippen molar-refractivity contribution in [3.8, 4) is 22.9 Å². The molecule has 0 aliphatic carbocycles. The highest BCUT2D eigenvalue weighted by molar-refractivity contribution is 5.92. The van der Waals surface area contributed by atoms with Crippen LogP contribution in [-0.2, 0) is 0 Å². The van der Waals surface area contributed by atoms with Gasteiger partial charge in [0.1, 0.15) is 0 Å². The van der Waals surface area contributed by atoms with Crippen molar-refractivity contribution in [2.24, 2.45) is 0 Å². The monoisotopic (exact) mass is 287 g/mol. The van der Waals surface area contributed by atoms with E-state index in [4.69, 9.17) is 4.42 Å². The summed E-state index contributed by atoms with van der Waals surface area (Å²) in [5.74, 6) is 1.03. The minimum atomic E-state index is 0.508. The molecule has 0 aliphatic rings. The Morgan fingerprint density at radius 2 is 1.59 bits per heavy atom. The van der Waals surface area contributed by atoms with E-state index < -0.39 is 0 Å². The van der Waals surface area contributed by atoms with Gasteiger partial charge in [-0.15, -0.1) is 10.2 Å². The van der Waals surface area contributed by atoms with Crippen molar-refractivity contribution in [3.05, 3.63) is 66.4 Å². The summed E-state index contributed by atoms with van der Waals surface area (Å²) in [7, 11) is 0. The normalized spacial score (nSPS) is 11.0. The number of pyridine rings is 1. The lowest BCUT2D eigenvalue weighted by Crippen LogP contribution is -1.83. The van der Waals surface area contributed by atoms with Crippen LogP contribution in [0.15, 0.2) is 65.2 Å². The molecule has 106 valence electrons. The van der Waals surface area contributed by atoms with Gasteiger partial charge in [-0.25, -0.2) is 0 Å². The molecule has 0 atom stereocenters. The Bertz CT molecular complexity index is 937. The molecule has 4 rings (SSSR count). The number of aryl methyl sites for hydroxylation is 1. The Labute approximate surface area is 127 Å². The van der Waals surface area contributed by atoms with Crippen LogP contribution in [0.4, 0.5) is 0 Å². The third-order valence-electron chi connectivity index (χ3n) is 3.60. The first-order chi connectivity index (χ1) is 10.8. The molecule has 0 saturated heterocycles. The lowest BCUT2D eigenvalue weighted by Gasteiger charge is -2.01. The maximum atomic E-state index is 5.85. The minimum absolute atomic E-state index is 0.508. The van der Waals surface area contributed by atoms with Gasteiger partial charge >= 0.3 is 0 Å². The Balaban J connectivity index is 1.82. The average molecular weight is 287 g/mol. The maximum absolute atomic E-state index is 5.85. The van der Waals surface area contributed by atoms with E-state index in [1.54, 1.807) is 6.20 Å². The highest BCUT2D eigenvalue weighted by Crippen LogP contribution is 2.28. The molecule has 2 aromatic heterocycles. The zero-order valence-electron chi connectivity index (χ0n) is 12.0. The number of fused-ring (bicyclic) bond motifs is 1. The molecule has 0 amide bonds. The summed E-state index contributed by atoms with van der Waals surface area (Å²) in [4.78, 5) is 4.35. The Morgan fingerprint density at radius 1 is 0.818 bits per heavy atom. The fourth-order valence-electron chi connectivity index (χ4n) is 2.43. The molecule has 4 aromatic rings. The van der Waals surface area contributed by atoms with Crippen LogP contribution in [0.2, 0.25) is 0 Å². The summed E-state index contributed by atoms with van der Waals surface area (Å²) in [6, 6.07) is 17.8. The number of rotatable bonds is 2. The van der Waals surface area contributed by atoms with E-state index in [2.05, 4.69) is 15.2 Å². The highest BCUT2D eigenvalue weighted by atomic mass is 16.4. The molecular weight excluding hydrogens is 274 g/mol. The van der Waals surface area contributed by atoms with Crippen LogP contribution in [0, 0.1) is 6.92 Å². The van der Waals surface area contributed by atoms with Crippen molar-refractivity contribution < 1.29 is 4.42 Å². The molecule has 0 aliphatic heterocycles. The molecule has 4 heteroatoms. The first kappa shape index (κ1) is 12.7. The Kier molecular flexibility index (Phi) is 2.93. The van der Waals surface area contributed by atoms with E-state index in [9.17, 15) is 0 Å². The highest BCUT2D eigenvalue weighted by Gasteiger charge is 2.13. The van der Waals surface area contributed by atoms with Crippen LogP contribution in [0.3, 0.4) is 0 Å². The van der Waals surface area contributed by atoms with Crippen molar-refractivity contribution in [1.82, 2.24) is 15.2 Å². The summed E-state index contributed by atoms with van der Waals surface area (Å²) in [6.07, 6.45) is 1.76. The number of hydrogen-bond donors (Lipinski definition) is 0. The topological polar surface area (TPSA) is 51.8 Å². The van der Waals surface area contributed by atoms with E-state index in [0.717, 1.165) is 22.0 Å². The van der Waals surface area contributed by atoms with Crippen LogP contribution in [-0.4, -0.2) is 15.2 Å². The number of nitrogens with zero attached hydrogens (tertiary/aromatic N) is 3. The molecule has 0 unspecified atom stereocenters. The van der Waals surface area contributed by atoms with Gasteiger partial charge in [0.05, 0.1) is 5.52 Å². The van der Waals surface area contributed by atoms with Gasteiger partial charge in [-0.1, -0.05) is 35.9 Å². The van der Waals surface area contributed by atoms with Crippen molar-refractivity contribution in [1.29, 1.82) is 0 Å². The van der Waals surface area contributed by atoms with Crippen molar-refractivity contribution >= 4 is 10.9 Å². The molecular formula is C18H13N3O. The largest absolute Gasteiger partial charge is 0.416 e. The fraction of sp³-hybridized carbons (Fsp3) is 0.0556. The van der Waals surface area contributed by atoms with Gasteiger partial charge in [-0.05, 0) is 31.2 Å². The van der Waals surface area contributed by atoms with Crippen molar-refractivity contribution in [3.63, 3.8) is 0 Å². The first-order valence-electron chi connectivity index (χ1n) is 7.06. The van der Waals surface area contributed by atoms with Crippen LogP contribution in [0.25, 0.3) is 33.8 Å². The molecule has 22 heavy (non-hydrogen) atoms. The maximum Gasteiger partial charge on any atom is 0.248 e. The number of para-hydroxylation sites is 1. The number of hydrogen-bond acceptors (Lipinski definition) is 4. The summed E-state index contributed by atoms with van der Waals surface area (Å²) in [5, 5.41) is 9.36. The third-order valence-corrected chi connectivity index (χ3v) is 3.60. The molecule has 4 nitrogen and oxygen atoms in total. The van der Waals surface area contributed by atoms with Gasteiger partial charge in [0.2, 0.25) is 11.8 Å². The van der Waals surface area contributed by atoms with Gasteiger partial charge in [0.25, 0.3) is 0 Å². The van der Waals surface area contributed by atoms with E-state index in [1.807, 2.05) is 61.5 Å². The van der Waals surface area contributed by atoms with Gasteiger partial charge in [-0.3, -0.25) is 4.98 Å². The number of aromatic nitrogens is 3. The molecule has 0 N–H and O–H groups in total. The average Bonchev–Trinajstić information content (AvgIpc) is 3.05. The molecule has 0 saturated carbocycles. The number of benzene rings is 2. The van der Waals surface area contributed by atoms with Crippen LogP contribution < -0.4 is 0 Å². The standard InChI is InChI=1S/C18H13N3O/c1-12-6-8-13(9-7-12)17-20-21-18(22-17)15-10-11-19-16-5-3-2-4-14(15)16/h2-11H,1H3. The summed E-state index contributed by atoms with van der Waals surface area (Å²) >= 11 is 0. The van der Waals surface area contributed by atoms with E-state index in [1.165, 1.54) is 5.56 Å². The van der Waals surface area contributed by atoms with E-state index >= 15 is 0 Å². The Morgan fingerprint density at radius 3 is 2.45 bits per heavy atom. The SMILES string of the molecule is Cc1ccc(-c2nnc(-c3ccnc4ccccc34)o2)cc1. The zero-order chi connectivity index (χ0) is 14.9. The molecule has 2 heterocycles. The van der Waals surface area contributed by atoms with Gasteiger partial charge in [0.15, 0.2) is 0 Å². The second-order valence-corrected chi connectivity index (χ2v) is 5.15. The van der Waals surface area contributed by atoms with E-state index in [-0.39, 0.29) is 0 Å². The third kappa shape index (κ3) is 2.15. The van der Waals surface area contributed by atoms with Gasteiger partial charge < -0.3 is 4.42 Å². The van der Waals surface area contributed by atoms with Crippen LogP contribution in [0.5, 0.6) is 0 Å². The predicted octanol–water partition coefficient (Wildman–Crippen LogP) is 4.26. The van der Waals surface area contributed by atoms with Crippen molar-refractivity contribution in [2.45, 2.75) is 6.92 Å². The summed E-state index contributed by atoms with van der Waals surface area (Å²) in [6.45, 7) is 2.05. The molecule has 0 radical (unpaired) electrons. The molecule has 0 spiro atoms. The zero-order valence-corrected chi connectivity index (χ0v) is 12.0. The molecule has 0 bridgehead atoms.